The molecular formula is C12H18N2O2S. The van der Waals surface area contributed by atoms with Gasteiger partial charge in [0, 0.05) is 18.8 Å². The van der Waals surface area contributed by atoms with E-state index in [-0.39, 0.29) is 0 Å². The van der Waals surface area contributed by atoms with Crippen molar-refractivity contribution in [3.63, 3.8) is 0 Å². The zero-order valence-electron chi connectivity index (χ0n) is 10.2. The fraction of sp³-hybridized carbons (Fsp3) is 0.500. The van der Waals surface area contributed by atoms with Crippen LogP contribution in [0.15, 0.2) is 17.0 Å². The van der Waals surface area contributed by atoms with Gasteiger partial charge in [-0.15, -0.1) is 0 Å². The van der Waals surface area contributed by atoms with Crippen molar-refractivity contribution in [2.24, 2.45) is 0 Å². The Labute approximate surface area is 102 Å². The van der Waals surface area contributed by atoms with Gasteiger partial charge in [0.05, 0.1) is 4.90 Å². The molecule has 1 heterocycles. The lowest BCUT2D eigenvalue weighted by atomic mass is 10.00. The number of hydrogen-bond acceptors (Lipinski definition) is 3. The number of anilines is 1. The third kappa shape index (κ3) is 2.30. The molecule has 0 aliphatic carbocycles. The topological polar surface area (TPSA) is 58.2 Å². The number of hydrogen-bond donors (Lipinski definition) is 2. The molecule has 5 heteroatoms. The first-order valence-electron chi connectivity index (χ1n) is 5.92. The van der Waals surface area contributed by atoms with Crippen molar-refractivity contribution in [2.75, 3.05) is 18.4 Å². The van der Waals surface area contributed by atoms with Crippen LogP contribution in [-0.4, -0.2) is 21.5 Å². The Kier molecular flexibility index (Phi) is 3.40. The van der Waals surface area contributed by atoms with Gasteiger partial charge < -0.3 is 5.32 Å². The van der Waals surface area contributed by atoms with Crippen LogP contribution in [0.1, 0.15) is 24.5 Å². The average Bonchev–Trinajstić information content (AvgIpc) is 2.29. The third-order valence-corrected chi connectivity index (χ3v) is 4.64. The molecule has 0 bridgehead atoms. The number of sulfonamides is 1. The van der Waals surface area contributed by atoms with E-state index in [1.165, 1.54) is 0 Å². The normalized spacial score (nSPS) is 15.2. The predicted octanol–water partition coefficient (Wildman–Crippen LogP) is 1.65. The highest BCUT2D eigenvalue weighted by Gasteiger charge is 2.22. The number of nitrogens with one attached hydrogen (secondary N) is 2. The number of benzene rings is 1. The van der Waals surface area contributed by atoms with E-state index < -0.39 is 10.0 Å². The van der Waals surface area contributed by atoms with Gasteiger partial charge in [-0.3, -0.25) is 0 Å². The van der Waals surface area contributed by atoms with Crippen molar-refractivity contribution < 1.29 is 8.42 Å². The molecule has 0 spiro atoms. The Morgan fingerprint density at radius 3 is 2.88 bits per heavy atom. The van der Waals surface area contributed by atoms with Crippen LogP contribution in [0, 0.1) is 6.92 Å². The summed E-state index contributed by atoms with van der Waals surface area (Å²) in [5, 5.41) is 3.29. The van der Waals surface area contributed by atoms with Gasteiger partial charge in [-0.1, -0.05) is 13.0 Å². The van der Waals surface area contributed by atoms with E-state index in [1.807, 2.05) is 13.0 Å². The standard InChI is InChI=1S/C12H18N2O2S/c1-3-14-17(15,16)11-7-6-9(2)12-10(11)5-4-8-13-12/h6-7,13-14H,3-5,8H2,1-2H3. The summed E-state index contributed by atoms with van der Waals surface area (Å²) >= 11 is 0. The van der Waals surface area contributed by atoms with Crippen molar-refractivity contribution in [2.45, 2.75) is 31.6 Å². The molecule has 1 aliphatic heterocycles. The van der Waals surface area contributed by atoms with Crippen LogP contribution >= 0.6 is 0 Å². The minimum atomic E-state index is -3.36. The fourth-order valence-corrected chi connectivity index (χ4v) is 3.55. The van der Waals surface area contributed by atoms with Crippen molar-refractivity contribution in [3.05, 3.63) is 23.3 Å². The van der Waals surface area contributed by atoms with Crippen molar-refractivity contribution in [1.82, 2.24) is 4.72 Å². The smallest absolute Gasteiger partial charge is 0.240 e. The molecule has 1 aliphatic rings. The van der Waals surface area contributed by atoms with E-state index in [1.54, 1.807) is 13.0 Å². The van der Waals surface area contributed by atoms with Gasteiger partial charge in [-0.25, -0.2) is 13.1 Å². The minimum absolute atomic E-state index is 0.415. The molecule has 0 aromatic heterocycles. The number of rotatable bonds is 3. The quantitative estimate of drug-likeness (QED) is 0.862. The second-order valence-electron chi connectivity index (χ2n) is 4.27. The first-order valence-corrected chi connectivity index (χ1v) is 7.40. The van der Waals surface area contributed by atoms with Gasteiger partial charge in [0.2, 0.25) is 10.0 Å². The second-order valence-corrected chi connectivity index (χ2v) is 6.00. The Balaban J connectivity index is 2.56. The predicted molar refractivity (Wildman–Crippen MR) is 68.9 cm³/mol. The summed E-state index contributed by atoms with van der Waals surface area (Å²) in [4.78, 5) is 0.423. The van der Waals surface area contributed by atoms with Crippen molar-refractivity contribution in [3.8, 4) is 0 Å². The highest BCUT2D eigenvalue weighted by atomic mass is 32.2. The van der Waals surface area contributed by atoms with Crippen LogP contribution in [0.5, 0.6) is 0 Å². The molecule has 17 heavy (non-hydrogen) atoms. The molecule has 0 amide bonds. The second kappa shape index (κ2) is 4.66. The lowest BCUT2D eigenvalue weighted by molar-refractivity contribution is 0.582. The van der Waals surface area contributed by atoms with Gasteiger partial charge in [-0.2, -0.15) is 0 Å². The number of aryl methyl sites for hydroxylation is 1. The zero-order chi connectivity index (χ0) is 12.5. The van der Waals surface area contributed by atoms with Crippen molar-refractivity contribution in [1.29, 1.82) is 0 Å². The van der Waals surface area contributed by atoms with Crippen LogP contribution in [0.2, 0.25) is 0 Å². The largest absolute Gasteiger partial charge is 0.385 e. The maximum absolute atomic E-state index is 12.1. The Morgan fingerprint density at radius 1 is 1.41 bits per heavy atom. The molecule has 2 rings (SSSR count). The molecule has 1 aromatic carbocycles. The minimum Gasteiger partial charge on any atom is -0.385 e. The van der Waals surface area contributed by atoms with Crippen LogP contribution in [0.4, 0.5) is 5.69 Å². The summed E-state index contributed by atoms with van der Waals surface area (Å²) in [7, 11) is -3.36. The third-order valence-electron chi connectivity index (χ3n) is 3.01. The Morgan fingerprint density at radius 2 is 2.18 bits per heavy atom. The summed E-state index contributed by atoms with van der Waals surface area (Å²) in [6.07, 6.45) is 1.80. The van der Waals surface area contributed by atoms with Crippen LogP contribution in [0.3, 0.4) is 0 Å². The van der Waals surface area contributed by atoms with Gasteiger partial charge in [-0.05, 0) is 37.0 Å². The highest BCUT2D eigenvalue weighted by molar-refractivity contribution is 7.89. The zero-order valence-corrected chi connectivity index (χ0v) is 11.0. The van der Waals surface area contributed by atoms with Gasteiger partial charge in [0.1, 0.15) is 0 Å². The molecule has 4 nitrogen and oxygen atoms in total. The van der Waals surface area contributed by atoms with Gasteiger partial charge >= 0.3 is 0 Å². The molecule has 0 atom stereocenters. The summed E-state index contributed by atoms with van der Waals surface area (Å²) < 4.78 is 26.7. The van der Waals surface area contributed by atoms with Gasteiger partial charge in [0.25, 0.3) is 0 Å². The molecule has 94 valence electrons. The summed E-state index contributed by atoms with van der Waals surface area (Å²) in [6.45, 7) is 5.12. The van der Waals surface area contributed by atoms with Crippen molar-refractivity contribution >= 4 is 15.7 Å². The molecule has 0 unspecified atom stereocenters. The molecular weight excluding hydrogens is 236 g/mol. The molecule has 0 saturated heterocycles. The molecule has 1 aromatic rings. The van der Waals surface area contributed by atoms with Crippen LogP contribution < -0.4 is 10.0 Å². The SMILES string of the molecule is CCNS(=O)(=O)c1ccc(C)c2c1CCCN2. The molecule has 2 N–H and O–H groups in total. The lowest BCUT2D eigenvalue weighted by Crippen LogP contribution is -2.26. The first kappa shape index (κ1) is 12.4. The number of fused-ring (bicyclic) bond motifs is 1. The summed E-state index contributed by atoms with van der Waals surface area (Å²) in [5.41, 5.74) is 3.03. The summed E-state index contributed by atoms with van der Waals surface area (Å²) in [6, 6.07) is 3.57. The summed E-state index contributed by atoms with van der Waals surface area (Å²) in [5.74, 6) is 0. The molecule has 0 radical (unpaired) electrons. The Bertz CT molecular complexity index is 524. The maximum Gasteiger partial charge on any atom is 0.240 e. The average molecular weight is 254 g/mol. The highest BCUT2D eigenvalue weighted by Crippen LogP contribution is 2.31. The lowest BCUT2D eigenvalue weighted by Gasteiger charge is -2.23. The molecule has 0 saturated carbocycles. The molecule has 0 fully saturated rings. The van der Waals surface area contributed by atoms with E-state index in [2.05, 4.69) is 10.0 Å². The van der Waals surface area contributed by atoms with Gasteiger partial charge in [0.15, 0.2) is 0 Å². The van der Waals surface area contributed by atoms with Crippen LogP contribution in [0.25, 0.3) is 0 Å². The monoisotopic (exact) mass is 254 g/mol. The Hall–Kier alpha value is -1.07. The van der Waals surface area contributed by atoms with E-state index in [9.17, 15) is 8.42 Å². The maximum atomic E-state index is 12.1. The fourth-order valence-electron chi connectivity index (χ4n) is 2.24. The van der Waals surface area contributed by atoms with Crippen LogP contribution in [-0.2, 0) is 16.4 Å². The van der Waals surface area contributed by atoms with E-state index in [0.717, 1.165) is 36.2 Å². The van der Waals surface area contributed by atoms with E-state index in [4.69, 9.17) is 0 Å². The van der Waals surface area contributed by atoms with E-state index in [0.29, 0.717) is 11.4 Å². The van der Waals surface area contributed by atoms with E-state index >= 15 is 0 Å². The first-order chi connectivity index (χ1) is 8.06.